The number of nitrogens with two attached hydrogens (primary N) is 1. The van der Waals surface area contributed by atoms with Gasteiger partial charge in [0, 0.05) is 39.3 Å². The van der Waals surface area contributed by atoms with Crippen molar-refractivity contribution in [2.45, 2.75) is 39.3 Å². The maximum atomic E-state index is 5.95. The molecule has 0 unspecified atom stereocenters. The Hall–Kier alpha value is -1.59. The van der Waals surface area contributed by atoms with Crippen LogP contribution in [0.15, 0.2) is 29.3 Å². The Balaban J connectivity index is 1.40. The van der Waals surface area contributed by atoms with Gasteiger partial charge in [0.25, 0.3) is 0 Å². The first-order valence-electron chi connectivity index (χ1n) is 9.79. The van der Waals surface area contributed by atoms with Crippen molar-refractivity contribution in [3.05, 3.63) is 35.4 Å². The first-order valence-corrected chi connectivity index (χ1v) is 9.79. The number of aliphatic imine (C=N–C) groups is 1. The van der Waals surface area contributed by atoms with Gasteiger partial charge < -0.3 is 16.0 Å². The molecule has 0 amide bonds. The van der Waals surface area contributed by atoms with Crippen LogP contribution in [0.25, 0.3) is 0 Å². The lowest BCUT2D eigenvalue weighted by atomic mass is 9.85. The summed E-state index contributed by atoms with van der Waals surface area (Å²) in [4.78, 5) is 9.51. The first kappa shape index (κ1) is 18.2. The van der Waals surface area contributed by atoms with Crippen LogP contribution in [0, 0.1) is 5.92 Å². The molecule has 1 aliphatic carbocycles. The second-order valence-corrected chi connectivity index (χ2v) is 7.41. The Morgan fingerprint density at radius 2 is 1.72 bits per heavy atom. The minimum absolute atomic E-state index is 0.574. The zero-order valence-electron chi connectivity index (χ0n) is 15.6. The van der Waals surface area contributed by atoms with Gasteiger partial charge in [-0.25, -0.2) is 4.99 Å². The van der Waals surface area contributed by atoms with Gasteiger partial charge in [0.05, 0.1) is 6.54 Å². The summed E-state index contributed by atoms with van der Waals surface area (Å²) in [6, 6.07) is 8.82. The highest BCUT2D eigenvalue weighted by molar-refractivity contribution is 5.77. The average Bonchev–Trinajstić information content (AvgIpc) is 2.60. The second kappa shape index (κ2) is 9.20. The first-order chi connectivity index (χ1) is 12.2. The molecule has 25 heavy (non-hydrogen) atoms. The molecule has 3 N–H and O–H groups in total. The van der Waals surface area contributed by atoms with Gasteiger partial charge in [-0.2, -0.15) is 0 Å². The second-order valence-electron chi connectivity index (χ2n) is 7.41. The molecule has 5 nitrogen and oxygen atoms in total. The number of likely N-dealkylation sites (N-methyl/N-ethyl adjacent to an activating group) is 1. The van der Waals surface area contributed by atoms with Crippen LogP contribution in [0.2, 0.25) is 0 Å². The molecule has 138 valence electrons. The van der Waals surface area contributed by atoms with E-state index in [1.165, 1.54) is 63.1 Å². The Kier molecular flexibility index (Phi) is 6.70. The van der Waals surface area contributed by atoms with E-state index in [9.17, 15) is 0 Å². The fourth-order valence-corrected chi connectivity index (χ4v) is 3.45. The van der Waals surface area contributed by atoms with Gasteiger partial charge in [-0.3, -0.25) is 4.90 Å². The van der Waals surface area contributed by atoms with Gasteiger partial charge in [-0.05, 0) is 36.4 Å². The molecular formula is C20H33N5. The lowest BCUT2D eigenvalue weighted by Gasteiger charge is -2.34. The normalized spacial score (nSPS) is 20.4. The van der Waals surface area contributed by atoms with Crippen LogP contribution in [-0.4, -0.2) is 55.0 Å². The van der Waals surface area contributed by atoms with E-state index in [-0.39, 0.29) is 0 Å². The van der Waals surface area contributed by atoms with E-state index in [2.05, 4.69) is 51.3 Å². The SMILES string of the molecule is CCN1CCN(Cc2ccc(CN=C(N)NCC3CCC3)cc2)CC1. The lowest BCUT2D eigenvalue weighted by Crippen LogP contribution is -2.45. The standard InChI is InChI=1S/C20H33N5/c1-2-24-10-12-25(13-11-24)16-19-8-6-18(7-9-19)15-23-20(21)22-14-17-4-3-5-17/h6-9,17H,2-5,10-16H2,1H3,(H3,21,22,23). The molecule has 1 aromatic rings. The van der Waals surface area contributed by atoms with E-state index >= 15 is 0 Å². The molecule has 3 rings (SSSR count). The summed E-state index contributed by atoms with van der Waals surface area (Å²) < 4.78 is 0. The molecule has 0 radical (unpaired) electrons. The van der Waals surface area contributed by atoms with Crippen molar-refractivity contribution in [1.29, 1.82) is 0 Å². The number of piperazine rings is 1. The largest absolute Gasteiger partial charge is 0.370 e. The van der Waals surface area contributed by atoms with Crippen molar-refractivity contribution < 1.29 is 0 Å². The molecule has 1 saturated carbocycles. The van der Waals surface area contributed by atoms with Crippen LogP contribution in [0.3, 0.4) is 0 Å². The minimum atomic E-state index is 0.574. The molecule has 1 saturated heterocycles. The van der Waals surface area contributed by atoms with E-state index in [1.807, 2.05) is 0 Å². The third-order valence-corrected chi connectivity index (χ3v) is 5.57. The topological polar surface area (TPSA) is 56.9 Å². The van der Waals surface area contributed by atoms with Crippen molar-refractivity contribution >= 4 is 5.96 Å². The fraction of sp³-hybridized carbons (Fsp3) is 0.650. The van der Waals surface area contributed by atoms with Crippen molar-refractivity contribution in [1.82, 2.24) is 15.1 Å². The third-order valence-electron chi connectivity index (χ3n) is 5.57. The summed E-state index contributed by atoms with van der Waals surface area (Å²) in [6.07, 6.45) is 4.02. The van der Waals surface area contributed by atoms with E-state index in [0.29, 0.717) is 12.5 Å². The van der Waals surface area contributed by atoms with Gasteiger partial charge in [-0.1, -0.05) is 37.6 Å². The van der Waals surface area contributed by atoms with Crippen LogP contribution < -0.4 is 11.1 Å². The summed E-state index contributed by atoms with van der Waals surface area (Å²) in [5.74, 6) is 1.37. The number of rotatable bonds is 7. The molecule has 2 fully saturated rings. The van der Waals surface area contributed by atoms with Crippen LogP contribution in [0.4, 0.5) is 0 Å². The molecule has 2 aliphatic rings. The van der Waals surface area contributed by atoms with Crippen molar-refractivity contribution in [2.24, 2.45) is 16.6 Å². The van der Waals surface area contributed by atoms with Gasteiger partial charge in [0.2, 0.25) is 0 Å². The van der Waals surface area contributed by atoms with Crippen molar-refractivity contribution in [3.63, 3.8) is 0 Å². The zero-order valence-corrected chi connectivity index (χ0v) is 15.6. The smallest absolute Gasteiger partial charge is 0.188 e. The monoisotopic (exact) mass is 343 g/mol. The molecule has 0 atom stereocenters. The fourth-order valence-electron chi connectivity index (χ4n) is 3.45. The van der Waals surface area contributed by atoms with Gasteiger partial charge >= 0.3 is 0 Å². The molecule has 5 heteroatoms. The summed E-state index contributed by atoms with van der Waals surface area (Å²) in [6.45, 7) is 10.8. The van der Waals surface area contributed by atoms with Gasteiger partial charge in [-0.15, -0.1) is 0 Å². The lowest BCUT2D eigenvalue weighted by molar-refractivity contribution is 0.132. The summed E-state index contributed by atoms with van der Waals surface area (Å²) in [5.41, 5.74) is 8.55. The molecule has 1 heterocycles. The highest BCUT2D eigenvalue weighted by atomic mass is 15.3. The minimum Gasteiger partial charge on any atom is -0.370 e. The summed E-state index contributed by atoms with van der Waals surface area (Å²) >= 11 is 0. The average molecular weight is 344 g/mol. The summed E-state index contributed by atoms with van der Waals surface area (Å²) in [7, 11) is 0. The maximum absolute atomic E-state index is 5.95. The van der Waals surface area contributed by atoms with E-state index in [4.69, 9.17) is 5.73 Å². The van der Waals surface area contributed by atoms with Gasteiger partial charge in [0.1, 0.15) is 0 Å². The molecule has 0 spiro atoms. The number of guanidine groups is 1. The predicted molar refractivity (Wildman–Crippen MR) is 105 cm³/mol. The van der Waals surface area contributed by atoms with E-state index in [0.717, 1.165) is 19.0 Å². The Bertz CT molecular complexity index is 542. The van der Waals surface area contributed by atoms with E-state index in [1.54, 1.807) is 0 Å². The molecule has 1 aliphatic heterocycles. The maximum Gasteiger partial charge on any atom is 0.188 e. The molecule has 0 aromatic heterocycles. The number of nitrogens with zero attached hydrogens (tertiary/aromatic N) is 3. The van der Waals surface area contributed by atoms with Crippen LogP contribution in [0.5, 0.6) is 0 Å². The number of nitrogens with one attached hydrogen (secondary N) is 1. The molecular weight excluding hydrogens is 310 g/mol. The van der Waals surface area contributed by atoms with Crippen LogP contribution in [0.1, 0.15) is 37.3 Å². The third kappa shape index (κ3) is 5.72. The Labute approximate surface area is 152 Å². The number of benzene rings is 1. The van der Waals surface area contributed by atoms with Crippen LogP contribution >= 0.6 is 0 Å². The predicted octanol–water partition coefficient (Wildman–Crippen LogP) is 2.03. The molecule has 1 aromatic carbocycles. The van der Waals surface area contributed by atoms with Crippen molar-refractivity contribution in [2.75, 3.05) is 39.3 Å². The van der Waals surface area contributed by atoms with Gasteiger partial charge in [0.15, 0.2) is 5.96 Å². The number of hydrogen-bond donors (Lipinski definition) is 2. The zero-order chi connectivity index (χ0) is 17.5. The Morgan fingerprint density at radius 1 is 1.08 bits per heavy atom. The Morgan fingerprint density at radius 3 is 2.32 bits per heavy atom. The number of hydrogen-bond acceptors (Lipinski definition) is 3. The van der Waals surface area contributed by atoms with E-state index < -0.39 is 0 Å². The van der Waals surface area contributed by atoms with Crippen molar-refractivity contribution in [3.8, 4) is 0 Å². The highest BCUT2D eigenvalue weighted by Gasteiger charge is 2.17. The quantitative estimate of drug-likeness (QED) is 0.587. The van der Waals surface area contributed by atoms with Crippen LogP contribution in [-0.2, 0) is 13.1 Å². The summed E-state index contributed by atoms with van der Waals surface area (Å²) in [5, 5.41) is 3.25. The highest BCUT2D eigenvalue weighted by Crippen LogP contribution is 2.25. The molecule has 0 bridgehead atoms.